The summed E-state index contributed by atoms with van der Waals surface area (Å²) >= 11 is 4.83. The predicted molar refractivity (Wildman–Crippen MR) is 150 cm³/mol. The van der Waals surface area contributed by atoms with Gasteiger partial charge in [-0.05, 0) is 72.0 Å². The summed E-state index contributed by atoms with van der Waals surface area (Å²) in [6.07, 6.45) is 3.35. The molecule has 7 nitrogen and oxygen atoms in total. The van der Waals surface area contributed by atoms with E-state index in [0.29, 0.717) is 29.7 Å². The van der Waals surface area contributed by atoms with Gasteiger partial charge in [-0.1, -0.05) is 55.8 Å². The number of hydrogen-bond acceptors (Lipinski definition) is 6. The fourth-order valence-electron chi connectivity index (χ4n) is 3.63. The average Bonchev–Trinajstić information content (AvgIpc) is 3.23. The van der Waals surface area contributed by atoms with E-state index in [1.807, 2.05) is 30.3 Å². The molecule has 9 heteroatoms. The predicted octanol–water partition coefficient (Wildman–Crippen LogP) is 6.62. The van der Waals surface area contributed by atoms with Crippen LogP contribution in [0.15, 0.2) is 62.6 Å². The maximum atomic E-state index is 12.8. The van der Waals surface area contributed by atoms with Gasteiger partial charge in [0.2, 0.25) is 5.17 Å². The van der Waals surface area contributed by atoms with Crippen LogP contribution in [0.1, 0.15) is 51.7 Å². The number of fused-ring (bicyclic) bond motifs is 1. The molecule has 188 valence electrons. The number of hydrogen-bond donors (Lipinski definition) is 1. The van der Waals surface area contributed by atoms with Gasteiger partial charge in [0.15, 0.2) is 5.84 Å². The van der Waals surface area contributed by atoms with Crippen molar-refractivity contribution < 1.29 is 14.3 Å². The molecule has 4 rings (SSSR count). The molecule has 0 radical (unpaired) electrons. The van der Waals surface area contributed by atoms with Gasteiger partial charge in [0, 0.05) is 10.0 Å². The molecule has 0 fully saturated rings. The largest absolute Gasteiger partial charge is 0.490 e. The topological polar surface area (TPSA) is 87.3 Å². The van der Waals surface area contributed by atoms with E-state index in [1.165, 1.54) is 22.3 Å². The number of carbonyl (C=O) groups is 1. The van der Waals surface area contributed by atoms with Crippen molar-refractivity contribution in [2.24, 2.45) is 10.1 Å². The average molecular weight is 570 g/mol. The Morgan fingerprint density at radius 3 is 2.53 bits per heavy atom. The molecule has 2 aliphatic heterocycles. The number of ether oxygens (including phenoxy) is 2. The Bertz CT molecular complexity index is 1260. The van der Waals surface area contributed by atoms with Crippen LogP contribution < -0.4 is 9.47 Å². The van der Waals surface area contributed by atoms with E-state index in [0.717, 1.165) is 28.1 Å². The van der Waals surface area contributed by atoms with Gasteiger partial charge in [-0.3, -0.25) is 10.2 Å². The van der Waals surface area contributed by atoms with Crippen molar-refractivity contribution in [3.05, 3.63) is 63.6 Å². The smallest absolute Gasteiger partial charge is 0.283 e. The summed E-state index contributed by atoms with van der Waals surface area (Å²) in [4.78, 5) is 16.9. The molecule has 2 aromatic rings. The van der Waals surface area contributed by atoms with Gasteiger partial charge in [-0.25, -0.2) is 0 Å². The Balaban J connectivity index is 1.45. The number of nitrogens with zero attached hydrogens (tertiary/aromatic N) is 3. The first-order chi connectivity index (χ1) is 17.2. The summed E-state index contributed by atoms with van der Waals surface area (Å²) in [5.41, 5.74) is 2.17. The zero-order valence-electron chi connectivity index (χ0n) is 20.8. The zero-order valence-corrected chi connectivity index (χ0v) is 23.2. The highest BCUT2D eigenvalue weighted by molar-refractivity contribution is 9.10. The van der Waals surface area contributed by atoms with E-state index in [2.05, 4.69) is 65.9 Å². The van der Waals surface area contributed by atoms with Crippen LogP contribution in [-0.4, -0.2) is 40.2 Å². The lowest BCUT2D eigenvalue weighted by Gasteiger charge is -2.20. The number of amides is 1. The highest BCUT2D eigenvalue weighted by Crippen LogP contribution is 2.32. The zero-order chi connectivity index (χ0) is 25.9. The fourth-order valence-corrected chi connectivity index (χ4v) is 4.99. The number of benzene rings is 2. The minimum Gasteiger partial charge on any atom is -0.490 e. The number of hydrazone groups is 1. The number of halogens is 1. The Kier molecular flexibility index (Phi) is 8.00. The van der Waals surface area contributed by atoms with Gasteiger partial charge in [-0.15, -0.1) is 0 Å². The van der Waals surface area contributed by atoms with Crippen LogP contribution in [-0.2, 0) is 10.2 Å². The minimum absolute atomic E-state index is 0.0107. The van der Waals surface area contributed by atoms with Crippen LogP contribution >= 0.6 is 27.7 Å². The van der Waals surface area contributed by atoms with Gasteiger partial charge >= 0.3 is 0 Å². The Morgan fingerprint density at radius 1 is 1.11 bits per heavy atom. The number of amidine groups is 2. The van der Waals surface area contributed by atoms with E-state index >= 15 is 0 Å². The van der Waals surface area contributed by atoms with Gasteiger partial charge < -0.3 is 9.47 Å². The molecule has 0 aromatic heterocycles. The van der Waals surface area contributed by atoms with Crippen molar-refractivity contribution >= 4 is 55.7 Å². The minimum atomic E-state index is -0.459. The molecule has 0 saturated carbocycles. The van der Waals surface area contributed by atoms with E-state index in [4.69, 9.17) is 14.9 Å². The second-order valence-electron chi connectivity index (χ2n) is 9.42. The number of thioether (sulfide) groups is 1. The van der Waals surface area contributed by atoms with Crippen molar-refractivity contribution in [1.29, 1.82) is 5.41 Å². The van der Waals surface area contributed by atoms with Crippen molar-refractivity contribution in [1.82, 2.24) is 5.01 Å². The second kappa shape index (κ2) is 11.0. The highest BCUT2D eigenvalue weighted by Gasteiger charge is 2.35. The third kappa shape index (κ3) is 6.07. The molecular weight excluding hydrogens is 540 g/mol. The summed E-state index contributed by atoms with van der Waals surface area (Å²) in [7, 11) is 0. The Labute approximate surface area is 224 Å². The maximum absolute atomic E-state index is 12.8. The third-order valence-corrected chi connectivity index (χ3v) is 7.02. The highest BCUT2D eigenvalue weighted by atomic mass is 79.9. The van der Waals surface area contributed by atoms with E-state index in [1.54, 1.807) is 6.08 Å². The van der Waals surface area contributed by atoms with Crippen molar-refractivity contribution in [2.75, 3.05) is 13.2 Å². The van der Waals surface area contributed by atoms with Crippen LogP contribution in [0.2, 0.25) is 0 Å². The van der Waals surface area contributed by atoms with Gasteiger partial charge in [0.1, 0.15) is 29.8 Å². The van der Waals surface area contributed by atoms with Gasteiger partial charge in [0.05, 0.1) is 5.57 Å². The molecule has 2 heterocycles. The van der Waals surface area contributed by atoms with Crippen molar-refractivity contribution in [3.63, 3.8) is 0 Å². The molecule has 1 amide bonds. The van der Waals surface area contributed by atoms with Crippen LogP contribution in [0.3, 0.4) is 0 Å². The first kappa shape index (κ1) is 26.2. The van der Waals surface area contributed by atoms with Gasteiger partial charge in [0.25, 0.3) is 5.91 Å². The molecule has 36 heavy (non-hydrogen) atoms. The summed E-state index contributed by atoms with van der Waals surface area (Å²) < 4.78 is 12.7. The maximum Gasteiger partial charge on any atom is 0.283 e. The van der Waals surface area contributed by atoms with Crippen LogP contribution in [0.25, 0.3) is 6.08 Å². The number of aliphatic imine (C=N–C) groups is 1. The lowest BCUT2D eigenvalue weighted by Crippen LogP contribution is -2.35. The van der Waals surface area contributed by atoms with Crippen molar-refractivity contribution in [3.8, 4) is 11.5 Å². The van der Waals surface area contributed by atoms with E-state index < -0.39 is 5.91 Å². The normalized spacial score (nSPS) is 16.7. The Morgan fingerprint density at radius 2 is 1.83 bits per heavy atom. The molecule has 0 spiro atoms. The summed E-state index contributed by atoms with van der Waals surface area (Å²) in [6.45, 7) is 9.28. The summed E-state index contributed by atoms with van der Waals surface area (Å²) in [5.74, 6) is 0.918. The van der Waals surface area contributed by atoms with E-state index in [-0.39, 0.29) is 16.8 Å². The molecule has 1 N–H and O–H groups in total. The summed E-state index contributed by atoms with van der Waals surface area (Å²) in [6, 6.07) is 13.6. The lowest BCUT2D eigenvalue weighted by atomic mass is 9.87. The third-order valence-electron chi connectivity index (χ3n) is 5.56. The molecule has 2 aromatic carbocycles. The molecule has 0 unspecified atom stereocenters. The van der Waals surface area contributed by atoms with Crippen LogP contribution in [0.4, 0.5) is 0 Å². The van der Waals surface area contributed by atoms with Crippen LogP contribution in [0, 0.1) is 5.41 Å². The lowest BCUT2D eigenvalue weighted by molar-refractivity contribution is -0.114. The SMILES string of the molecule is CCCC1=NN2C(=N)/C(=C\c3cc(Br)ccc3OCCOc3ccc(C(C)(C)C)cc3)C(=O)N=C2S1. The first-order valence-corrected chi connectivity index (χ1v) is 13.4. The quantitative estimate of drug-likeness (QED) is 0.285. The second-order valence-corrected chi connectivity index (χ2v) is 11.4. The van der Waals surface area contributed by atoms with Crippen LogP contribution in [0.5, 0.6) is 11.5 Å². The number of carbonyl (C=O) groups excluding carboxylic acids is 1. The molecule has 0 saturated heterocycles. The van der Waals surface area contributed by atoms with E-state index in [9.17, 15) is 4.79 Å². The molecule has 0 bridgehead atoms. The molecule has 0 aliphatic carbocycles. The molecular formula is C27H29BrN4O3S. The monoisotopic (exact) mass is 568 g/mol. The number of nitrogens with one attached hydrogen (secondary N) is 1. The van der Waals surface area contributed by atoms with Gasteiger partial charge in [-0.2, -0.15) is 15.1 Å². The molecule has 2 aliphatic rings. The number of rotatable bonds is 8. The van der Waals surface area contributed by atoms with Crippen molar-refractivity contribution in [2.45, 2.75) is 46.0 Å². The summed E-state index contributed by atoms with van der Waals surface area (Å²) in [5, 5.41) is 15.8. The molecule has 0 atom stereocenters. The first-order valence-electron chi connectivity index (χ1n) is 11.8. The Hall–Kier alpha value is -2.91. The standard InChI is InChI=1S/C27H29BrN4O3S/c1-5-6-23-31-32-24(29)21(25(33)30-26(32)36-23)16-17-15-19(28)9-12-22(17)35-14-13-34-20-10-7-18(8-11-20)27(2,3)4/h7-12,15-16,29H,5-6,13-14H2,1-4H3/b21-16+,29-24?. The fraction of sp³-hybridized carbons (Fsp3) is 0.333.